The van der Waals surface area contributed by atoms with Gasteiger partial charge in [-0.05, 0) is 53.6 Å². The van der Waals surface area contributed by atoms with Crippen LogP contribution in [-0.4, -0.2) is 45.7 Å². The molecule has 0 radical (unpaired) electrons. The number of ether oxygens (including phenoxy) is 2. The van der Waals surface area contributed by atoms with Gasteiger partial charge in [0.1, 0.15) is 17.6 Å². The number of pyridine rings is 2. The standard InChI is InChI=1S/C39H34ClF3N6O4S/c1-17(2)11-26-30(36(44)50)32(31(38-49-48-18(3)53-38)27(46-26)12-20-16-52-28-14-21(40)5-6-22(20)28)29-13-19-9-10-45-37(34(19)54-29)47-35-23-7-8-25(41)33(51-4)24(23)15-39(35,42)43/h5-10,13-14,17,20,35H,11-12,15-16H2,1-4H3,(H2,44,50)(H,45,47). The monoisotopic (exact) mass is 774 g/mol. The average Bonchev–Trinajstić information content (AvgIpc) is 3.89. The summed E-state index contributed by atoms with van der Waals surface area (Å²) in [6.07, 6.45) is 1.64. The van der Waals surface area contributed by atoms with Gasteiger partial charge in [0, 0.05) is 58.5 Å². The van der Waals surface area contributed by atoms with Crippen LogP contribution in [0, 0.1) is 18.7 Å². The van der Waals surface area contributed by atoms with Crippen LogP contribution in [-0.2, 0) is 19.3 Å². The smallest absolute Gasteiger partial charge is 0.276 e. The molecule has 0 spiro atoms. The molecule has 278 valence electrons. The van der Waals surface area contributed by atoms with Crippen LogP contribution in [0.1, 0.15) is 70.1 Å². The lowest BCUT2D eigenvalue weighted by Gasteiger charge is -2.22. The fourth-order valence-electron chi connectivity index (χ4n) is 7.53. The number of carbonyl (C=O) groups is 1. The number of hydrogen-bond acceptors (Lipinski definition) is 10. The molecule has 6 aromatic rings. The normalized spacial score (nSPS) is 17.1. The highest BCUT2D eigenvalue weighted by Crippen LogP contribution is 2.51. The third kappa shape index (κ3) is 6.20. The summed E-state index contributed by atoms with van der Waals surface area (Å²) in [5.41, 5.74) is 9.69. The molecule has 2 atom stereocenters. The molecule has 1 amide bonds. The highest BCUT2D eigenvalue weighted by molar-refractivity contribution is 7.23. The summed E-state index contributed by atoms with van der Waals surface area (Å²) in [6.45, 7) is 6.09. The molecule has 0 saturated carbocycles. The first kappa shape index (κ1) is 35.8. The maximum absolute atomic E-state index is 15.7. The molecule has 0 saturated heterocycles. The maximum Gasteiger partial charge on any atom is 0.276 e. The molecule has 15 heteroatoms. The Bertz CT molecular complexity index is 2470. The number of nitrogens with zero attached hydrogens (tertiary/aromatic N) is 4. The molecule has 1 aliphatic carbocycles. The first-order chi connectivity index (χ1) is 25.8. The fourth-order valence-corrected chi connectivity index (χ4v) is 8.85. The van der Waals surface area contributed by atoms with Crippen LogP contribution >= 0.6 is 22.9 Å². The lowest BCUT2D eigenvalue weighted by atomic mass is 9.88. The number of thiophene rings is 1. The SMILES string of the molecule is COc1c(F)ccc2c1CC(F)(F)C2Nc1nccc2cc(-c3c(C(N)=O)c(CC(C)C)nc(CC4COc5cc(Cl)ccc54)c3-c3nnc(C)o3)sc12. The highest BCUT2D eigenvalue weighted by Gasteiger charge is 2.50. The van der Waals surface area contributed by atoms with E-state index in [0.717, 1.165) is 11.6 Å². The van der Waals surface area contributed by atoms with Crippen molar-refractivity contribution in [3.8, 4) is 33.4 Å². The quantitative estimate of drug-likeness (QED) is 0.140. The molecule has 10 nitrogen and oxygen atoms in total. The van der Waals surface area contributed by atoms with Gasteiger partial charge >= 0.3 is 0 Å². The number of primary amides is 1. The molecule has 2 aromatic carbocycles. The largest absolute Gasteiger partial charge is 0.493 e. The van der Waals surface area contributed by atoms with Crippen molar-refractivity contribution in [3.63, 3.8) is 0 Å². The van der Waals surface area contributed by atoms with Crippen LogP contribution < -0.4 is 20.5 Å². The number of hydrogen-bond donors (Lipinski definition) is 2. The minimum Gasteiger partial charge on any atom is -0.493 e. The number of alkyl halides is 2. The van der Waals surface area contributed by atoms with Crippen molar-refractivity contribution in [2.24, 2.45) is 11.7 Å². The van der Waals surface area contributed by atoms with Gasteiger partial charge in [0.15, 0.2) is 11.6 Å². The minimum absolute atomic E-state index is 0.102. The van der Waals surface area contributed by atoms with Crippen molar-refractivity contribution < 1.29 is 31.9 Å². The summed E-state index contributed by atoms with van der Waals surface area (Å²) in [6, 6.07) is 10.1. The third-order valence-electron chi connectivity index (χ3n) is 9.79. The summed E-state index contributed by atoms with van der Waals surface area (Å²) in [7, 11) is 1.25. The Balaban J connectivity index is 1.31. The topological polar surface area (TPSA) is 138 Å². The minimum atomic E-state index is -3.28. The van der Waals surface area contributed by atoms with Crippen molar-refractivity contribution >= 4 is 44.7 Å². The number of carbonyl (C=O) groups excluding carboxylic acids is 1. The lowest BCUT2D eigenvalue weighted by molar-refractivity contribution is -0.00736. The number of aryl methyl sites for hydroxylation is 1. The van der Waals surface area contributed by atoms with E-state index in [-0.39, 0.29) is 46.0 Å². The van der Waals surface area contributed by atoms with E-state index in [4.69, 9.17) is 36.2 Å². The molecule has 8 rings (SSSR count). The number of aromatic nitrogens is 4. The zero-order valence-electron chi connectivity index (χ0n) is 29.6. The second-order valence-corrected chi connectivity index (χ2v) is 15.5. The van der Waals surface area contributed by atoms with Crippen molar-refractivity contribution in [2.75, 3.05) is 19.0 Å². The first-order valence-corrected chi connectivity index (χ1v) is 18.5. The van der Waals surface area contributed by atoms with E-state index in [1.807, 2.05) is 32.0 Å². The average molecular weight is 775 g/mol. The van der Waals surface area contributed by atoms with Gasteiger partial charge in [0.05, 0.1) is 40.9 Å². The Morgan fingerprint density at radius 2 is 1.93 bits per heavy atom. The Hall–Kier alpha value is -5.21. The van der Waals surface area contributed by atoms with Crippen molar-refractivity contribution in [2.45, 2.75) is 57.9 Å². The molecular weight excluding hydrogens is 741 g/mol. The number of anilines is 1. The summed E-state index contributed by atoms with van der Waals surface area (Å²) in [5, 5.41) is 12.7. The number of fused-ring (bicyclic) bond motifs is 3. The zero-order chi connectivity index (χ0) is 38.1. The number of benzene rings is 2. The zero-order valence-corrected chi connectivity index (χ0v) is 31.2. The molecule has 5 heterocycles. The molecule has 2 unspecified atom stereocenters. The second-order valence-electron chi connectivity index (χ2n) is 14.0. The van der Waals surface area contributed by atoms with Crippen LogP contribution in [0.5, 0.6) is 11.5 Å². The second kappa shape index (κ2) is 13.6. The lowest BCUT2D eigenvalue weighted by Crippen LogP contribution is -2.28. The first-order valence-electron chi connectivity index (χ1n) is 17.3. The summed E-state index contributed by atoms with van der Waals surface area (Å²) < 4.78 is 63.7. The van der Waals surface area contributed by atoms with Crippen LogP contribution in [0.15, 0.2) is 53.1 Å². The Morgan fingerprint density at radius 1 is 1.13 bits per heavy atom. The molecule has 3 N–H and O–H groups in total. The summed E-state index contributed by atoms with van der Waals surface area (Å²) in [4.78, 5) is 23.7. The van der Waals surface area contributed by atoms with Gasteiger partial charge in [-0.25, -0.2) is 18.2 Å². The van der Waals surface area contributed by atoms with Crippen molar-refractivity contribution in [3.05, 3.63) is 99.0 Å². The van der Waals surface area contributed by atoms with Gasteiger partial charge in [-0.3, -0.25) is 9.78 Å². The van der Waals surface area contributed by atoms with Crippen LogP contribution in [0.25, 0.3) is 32.0 Å². The van der Waals surface area contributed by atoms with E-state index in [9.17, 15) is 9.18 Å². The molecule has 4 aromatic heterocycles. The van der Waals surface area contributed by atoms with Crippen molar-refractivity contribution in [1.82, 2.24) is 20.2 Å². The van der Waals surface area contributed by atoms with E-state index in [1.165, 1.54) is 30.7 Å². The van der Waals surface area contributed by atoms with Crippen LogP contribution in [0.3, 0.4) is 0 Å². The number of rotatable bonds is 10. The van der Waals surface area contributed by atoms with Gasteiger partial charge in [0.2, 0.25) is 11.8 Å². The van der Waals surface area contributed by atoms with E-state index < -0.39 is 30.1 Å². The molecular formula is C39H34ClF3N6O4S. The number of nitrogens with two attached hydrogens (primary N) is 1. The molecule has 54 heavy (non-hydrogen) atoms. The van der Waals surface area contributed by atoms with Gasteiger partial charge < -0.3 is 24.9 Å². The number of halogens is 4. The van der Waals surface area contributed by atoms with E-state index in [2.05, 4.69) is 20.5 Å². The summed E-state index contributed by atoms with van der Waals surface area (Å²) >= 11 is 7.51. The number of nitrogens with one attached hydrogen (secondary N) is 1. The molecule has 2 aliphatic rings. The predicted molar refractivity (Wildman–Crippen MR) is 199 cm³/mol. The third-order valence-corrected chi connectivity index (χ3v) is 11.2. The van der Waals surface area contributed by atoms with Gasteiger partial charge in [-0.2, -0.15) is 0 Å². The van der Waals surface area contributed by atoms with Crippen LogP contribution in [0.4, 0.5) is 19.0 Å². The Kier molecular flexibility index (Phi) is 9.00. The molecule has 1 aliphatic heterocycles. The number of amides is 1. The van der Waals surface area contributed by atoms with E-state index in [0.29, 0.717) is 73.6 Å². The van der Waals surface area contributed by atoms with Gasteiger partial charge in [-0.15, -0.1) is 21.5 Å². The summed E-state index contributed by atoms with van der Waals surface area (Å²) in [5.74, 6) is -3.57. The highest BCUT2D eigenvalue weighted by atomic mass is 35.5. The van der Waals surface area contributed by atoms with E-state index in [1.54, 1.807) is 19.1 Å². The molecule has 0 bridgehead atoms. The van der Waals surface area contributed by atoms with E-state index >= 15 is 8.78 Å². The van der Waals surface area contributed by atoms with Crippen LogP contribution in [0.2, 0.25) is 5.02 Å². The van der Waals surface area contributed by atoms with Gasteiger partial charge in [0.25, 0.3) is 11.8 Å². The molecule has 0 fully saturated rings. The Morgan fingerprint density at radius 3 is 2.65 bits per heavy atom. The maximum atomic E-state index is 15.7. The predicted octanol–water partition coefficient (Wildman–Crippen LogP) is 8.88. The fraction of sp³-hybridized carbons (Fsp3) is 0.308. The number of methoxy groups -OCH3 is 1. The van der Waals surface area contributed by atoms with Crippen molar-refractivity contribution in [1.29, 1.82) is 0 Å². The van der Waals surface area contributed by atoms with Gasteiger partial charge in [-0.1, -0.05) is 37.6 Å². The Labute approximate surface area is 316 Å².